The zero-order chi connectivity index (χ0) is 19.6. The van der Waals surface area contributed by atoms with Gasteiger partial charge < -0.3 is 9.64 Å². The van der Waals surface area contributed by atoms with Gasteiger partial charge in [-0.05, 0) is 36.6 Å². The second kappa shape index (κ2) is 7.70. The highest BCUT2D eigenvalue weighted by molar-refractivity contribution is 7.89. The Labute approximate surface area is 160 Å². The highest BCUT2D eigenvalue weighted by Crippen LogP contribution is 2.31. The maximum atomic E-state index is 13.0. The summed E-state index contributed by atoms with van der Waals surface area (Å²) >= 11 is 0. The topological polar surface area (TPSA) is 66.9 Å². The second-order valence-corrected chi connectivity index (χ2v) is 8.87. The number of fused-ring (bicyclic) bond motifs is 1. The summed E-state index contributed by atoms with van der Waals surface area (Å²) in [4.78, 5) is 14.9. The van der Waals surface area contributed by atoms with Crippen LogP contribution in [0, 0.1) is 0 Å². The molecule has 0 bridgehead atoms. The number of carbonyl (C=O) groups excluding carboxylic acids is 1. The molecule has 2 aromatic carbocycles. The lowest BCUT2D eigenvalue weighted by atomic mass is 10.0. The first-order chi connectivity index (χ1) is 12.8. The summed E-state index contributed by atoms with van der Waals surface area (Å²) in [5.74, 6) is 0.604. The molecule has 3 rings (SSSR count). The molecule has 1 aliphatic heterocycles. The van der Waals surface area contributed by atoms with E-state index in [9.17, 15) is 13.2 Å². The van der Waals surface area contributed by atoms with E-state index in [-0.39, 0.29) is 17.2 Å². The molecule has 0 aromatic heterocycles. The van der Waals surface area contributed by atoms with Gasteiger partial charge in [0.15, 0.2) is 0 Å². The highest BCUT2D eigenvalue weighted by atomic mass is 32.2. The summed E-state index contributed by atoms with van der Waals surface area (Å²) in [6.45, 7) is 0.576. The normalized spacial score (nSPS) is 14.1. The Morgan fingerprint density at radius 1 is 1.19 bits per heavy atom. The van der Waals surface area contributed by atoms with Crippen molar-refractivity contribution in [2.24, 2.45) is 0 Å². The van der Waals surface area contributed by atoms with Gasteiger partial charge in [0.1, 0.15) is 5.75 Å². The van der Waals surface area contributed by atoms with Crippen LogP contribution in [0.5, 0.6) is 5.75 Å². The molecule has 0 atom stereocenters. The van der Waals surface area contributed by atoms with Crippen molar-refractivity contribution in [3.63, 3.8) is 0 Å². The molecule has 0 aliphatic carbocycles. The van der Waals surface area contributed by atoms with Crippen molar-refractivity contribution in [3.8, 4) is 5.75 Å². The number of nitrogens with zero attached hydrogens (tertiary/aromatic N) is 2. The lowest BCUT2D eigenvalue weighted by molar-refractivity contribution is -0.118. The van der Waals surface area contributed by atoms with Crippen LogP contribution < -0.4 is 9.64 Å². The number of methoxy groups -OCH3 is 1. The molecule has 1 amide bonds. The van der Waals surface area contributed by atoms with Crippen molar-refractivity contribution in [1.29, 1.82) is 0 Å². The molecule has 0 unspecified atom stereocenters. The number of carbonyl (C=O) groups is 1. The minimum atomic E-state index is -3.55. The highest BCUT2D eigenvalue weighted by Gasteiger charge is 2.26. The van der Waals surface area contributed by atoms with Crippen LogP contribution in [0.2, 0.25) is 0 Å². The zero-order valence-corrected chi connectivity index (χ0v) is 16.6. The number of anilines is 1. The molecular weight excluding hydrogens is 364 g/mol. The fourth-order valence-corrected chi connectivity index (χ4v) is 4.21. The first-order valence-corrected chi connectivity index (χ1v) is 10.3. The average Bonchev–Trinajstić information content (AvgIpc) is 2.67. The van der Waals surface area contributed by atoms with Crippen LogP contribution in [-0.2, 0) is 27.7 Å². The van der Waals surface area contributed by atoms with Gasteiger partial charge in [0.05, 0.1) is 18.4 Å². The maximum Gasteiger partial charge on any atom is 0.242 e. The molecule has 7 heteroatoms. The zero-order valence-electron chi connectivity index (χ0n) is 15.8. The Kier molecular flexibility index (Phi) is 5.53. The number of aryl methyl sites for hydroxylation is 1. The summed E-state index contributed by atoms with van der Waals surface area (Å²) in [6.07, 6.45) is 1.88. The average molecular weight is 388 g/mol. The number of rotatable bonds is 5. The van der Waals surface area contributed by atoms with E-state index in [1.807, 2.05) is 30.3 Å². The minimum absolute atomic E-state index is 0.0696. The number of ether oxygens (including phenoxy) is 1. The molecule has 0 N–H and O–H groups in total. The molecule has 6 nitrogen and oxygen atoms in total. The van der Waals surface area contributed by atoms with E-state index in [2.05, 4.69) is 0 Å². The van der Waals surface area contributed by atoms with Gasteiger partial charge in [0.25, 0.3) is 0 Å². The molecule has 1 aliphatic rings. The molecule has 27 heavy (non-hydrogen) atoms. The van der Waals surface area contributed by atoms with E-state index in [0.29, 0.717) is 18.0 Å². The number of benzene rings is 2. The Morgan fingerprint density at radius 3 is 2.63 bits per heavy atom. The van der Waals surface area contributed by atoms with Gasteiger partial charge in [-0.15, -0.1) is 0 Å². The van der Waals surface area contributed by atoms with Crippen molar-refractivity contribution in [2.75, 3.05) is 32.6 Å². The molecule has 2 aromatic rings. The van der Waals surface area contributed by atoms with Gasteiger partial charge in [0, 0.05) is 31.9 Å². The predicted octanol–water partition coefficient (Wildman–Crippen LogP) is 2.47. The van der Waals surface area contributed by atoms with E-state index in [0.717, 1.165) is 24.0 Å². The Bertz CT molecular complexity index is 954. The number of amides is 1. The van der Waals surface area contributed by atoms with Gasteiger partial charge in [-0.25, -0.2) is 12.7 Å². The van der Waals surface area contributed by atoms with Crippen LogP contribution >= 0.6 is 0 Å². The molecule has 0 saturated carbocycles. The fourth-order valence-electron chi connectivity index (χ4n) is 3.29. The molecule has 1 heterocycles. The SMILES string of the molecule is COc1ccccc1CC(=O)N1CCCc2ccc(S(=O)(=O)N(C)C)cc21. The van der Waals surface area contributed by atoms with E-state index in [1.165, 1.54) is 18.4 Å². The summed E-state index contributed by atoms with van der Waals surface area (Å²) in [5.41, 5.74) is 2.49. The largest absolute Gasteiger partial charge is 0.496 e. The van der Waals surface area contributed by atoms with E-state index in [4.69, 9.17) is 4.74 Å². The maximum absolute atomic E-state index is 13.0. The number of para-hydroxylation sites is 1. The summed E-state index contributed by atoms with van der Waals surface area (Å²) in [5, 5.41) is 0. The molecule has 0 fully saturated rings. The second-order valence-electron chi connectivity index (χ2n) is 6.72. The van der Waals surface area contributed by atoms with Crippen molar-refractivity contribution in [3.05, 3.63) is 53.6 Å². The van der Waals surface area contributed by atoms with Gasteiger partial charge in [-0.2, -0.15) is 0 Å². The van der Waals surface area contributed by atoms with Crippen molar-refractivity contribution < 1.29 is 17.9 Å². The summed E-state index contributed by atoms with van der Waals surface area (Å²) < 4.78 is 31.5. The minimum Gasteiger partial charge on any atom is -0.496 e. The van der Waals surface area contributed by atoms with Crippen LogP contribution in [0.3, 0.4) is 0 Å². The van der Waals surface area contributed by atoms with E-state index in [1.54, 1.807) is 24.1 Å². The van der Waals surface area contributed by atoms with Gasteiger partial charge in [-0.3, -0.25) is 4.79 Å². The third-order valence-corrected chi connectivity index (χ3v) is 6.60. The van der Waals surface area contributed by atoms with Crippen LogP contribution in [0.4, 0.5) is 5.69 Å². The molecule has 144 valence electrons. The van der Waals surface area contributed by atoms with Gasteiger partial charge in [-0.1, -0.05) is 24.3 Å². The first-order valence-electron chi connectivity index (χ1n) is 8.82. The fraction of sp³-hybridized carbons (Fsp3) is 0.350. The van der Waals surface area contributed by atoms with Crippen LogP contribution in [0.25, 0.3) is 0 Å². The summed E-state index contributed by atoms with van der Waals surface area (Å²) in [7, 11) is 1.03. The van der Waals surface area contributed by atoms with Crippen LogP contribution in [-0.4, -0.2) is 46.4 Å². The number of hydrogen-bond donors (Lipinski definition) is 0. The summed E-state index contributed by atoms with van der Waals surface area (Å²) in [6, 6.07) is 12.5. The van der Waals surface area contributed by atoms with Gasteiger partial charge >= 0.3 is 0 Å². The third kappa shape index (κ3) is 3.84. The monoisotopic (exact) mass is 388 g/mol. The van der Waals surface area contributed by atoms with Crippen molar-refractivity contribution >= 4 is 21.6 Å². The molecule has 0 spiro atoms. The van der Waals surface area contributed by atoms with Gasteiger partial charge in [0.2, 0.25) is 15.9 Å². The molecule has 0 radical (unpaired) electrons. The smallest absolute Gasteiger partial charge is 0.242 e. The quantitative estimate of drug-likeness (QED) is 0.789. The van der Waals surface area contributed by atoms with Crippen molar-refractivity contribution in [2.45, 2.75) is 24.2 Å². The van der Waals surface area contributed by atoms with Crippen LogP contribution in [0.15, 0.2) is 47.4 Å². The van der Waals surface area contributed by atoms with E-state index >= 15 is 0 Å². The standard InChI is InChI=1S/C20H24N2O4S/c1-21(2)27(24,25)17-11-10-15-8-6-12-22(18(15)14-17)20(23)13-16-7-4-5-9-19(16)26-3/h4-5,7,9-11,14H,6,8,12-13H2,1-3H3. The Morgan fingerprint density at radius 2 is 1.93 bits per heavy atom. The molecule has 0 saturated heterocycles. The predicted molar refractivity (Wildman–Crippen MR) is 105 cm³/mol. The van der Waals surface area contributed by atoms with Crippen molar-refractivity contribution in [1.82, 2.24) is 4.31 Å². The Balaban J connectivity index is 1.94. The van der Waals surface area contributed by atoms with Crippen LogP contribution in [0.1, 0.15) is 17.5 Å². The number of sulfonamides is 1. The lowest BCUT2D eigenvalue weighted by Gasteiger charge is -2.30. The number of hydrogen-bond acceptors (Lipinski definition) is 4. The molecular formula is C20H24N2O4S. The lowest BCUT2D eigenvalue weighted by Crippen LogP contribution is -2.37. The third-order valence-electron chi connectivity index (χ3n) is 4.79. The van der Waals surface area contributed by atoms with E-state index < -0.39 is 10.0 Å². The Hall–Kier alpha value is -2.38. The first kappa shape index (κ1) is 19.4.